The number of ether oxygens (including phenoxy) is 1. The van der Waals surface area contributed by atoms with Crippen molar-refractivity contribution in [2.24, 2.45) is 0 Å². The first-order valence-electron chi connectivity index (χ1n) is 9.27. The molecule has 0 aliphatic carbocycles. The van der Waals surface area contributed by atoms with Crippen molar-refractivity contribution in [2.45, 2.75) is 11.8 Å². The molecule has 6 nitrogen and oxygen atoms in total. The van der Waals surface area contributed by atoms with Gasteiger partial charge in [-0.3, -0.25) is 4.90 Å². The number of halogens is 1. The number of sulfonamides is 1. The molecular weight excluding hydrogens is 398 g/mol. The lowest BCUT2D eigenvalue weighted by atomic mass is 10.2. The highest BCUT2D eigenvalue weighted by Crippen LogP contribution is 2.28. The van der Waals surface area contributed by atoms with Crippen LogP contribution >= 0.6 is 11.6 Å². The first-order chi connectivity index (χ1) is 13.4. The molecule has 1 saturated heterocycles. The van der Waals surface area contributed by atoms with Crippen LogP contribution in [-0.4, -0.2) is 59.7 Å². The summed E-state index contributed by atoms with van der Waals surface area (Å²) in [5.41, 5.74) is 1.78. The summed E-state index contributed by atoms with van der Waals surface area (Å²) in [6, 6.07) is 12.9. The lowest BCUT2D eigenvalue weighted by Crippen LogP contribution is -2.48. The van der Waals surface area contributed by atoms with Gasteiger partial charge in [0.2, 0.25) is 10.0 Å². The van der Waals surface area contributed by atoms with Gasteiger partial charge in [0.05, 0.1) is 17.7 Å². The van der Waals surface area contributed by atoms with Crippen LogP contribution in [0, 0.1) is 6.92 Å². The number of aryl methyl sites for hydroxylation is 1. The first-order valence-corrected chi connectivity index (χ1v) is 11.1. The van der Waals surface area contributed by atoms with E-state index in [4.69, 9.17) is 16.3 Å². The van der Waals surface area contributed by atoms with E-state index in [1.807, 2.05) is 18.2 Å². The summed E-state index contributed by atoms with van der Waals surface area (Å²) in [5, 5.41) is 0.415. The van der Waals surface area contributed by atoms with Gasteiger partial charge in [-0.2, -0.15) is 0 Å². The van der Waals surface area contributed by atoms with Crippen molar-refractivity contribution < 1.29 is 13.2 Å². The lowest BCUT2D eigenvalue weighted by molar-refractivity contribution is 0.261. The van der Waals surface area contributed by atoms with Gasteiger partial charge in [0.15, 0.2) is 0 Å². The molecule has 0 spiro atoms. The largest absolute Gasteiger partial charge is 0.495 e. The third kappa shape index (κ3) is 4.97. The van der Waals surface area contributed by atoms with E-state index in [1.54, 1.807) is 26.2 Å². The van der Waals surface area contributed by atoms with E-state index in [2.05, 4.69) is 20.6 Å². The van der Waals surface area contributed by atoms with Gasteiger partial charge in [-0.05, 0) is 36.8 Å². The standard InChI is InChI=1S/C20H26ClN3O3S/c1-16-7-8-17(21)15-20(16)28(25,26)22-9-10-23-11-13-24(14-12-23)18-5-3-4-6-19(18)27-2/h3-8,15,22H,9-14H2,1-2H3. The molecule has 1 aliphatic rings. The van der Waals surface area contributed by atoms with Crippen molar-refractivity contribution in [3.05, 3.63) is 53.1 Å². The zero-order valence-electron chi connectivity index (χ0n) is 16.2. The van der Waals surface area contributed by atoms with Crippen LogP contribution in [0.1, 0.15) is 5.56 Å². The van der Waals surface area contributed by atoms with E-state index in [0.29, 0.717) is 23.7 Å². The van der Waals surface area contributed by atoms with E-state index in [-0.39, 0.29) is 4.90 Å². The number of anilines is 1. The molecule has 1 heterocycles. The minimum atomic E-state index is -3.57. The monoisotopic (exact) mass is 423 g/mol. The molecule has 28 heavy (non-hydrogen) atoms. The van der Waals surface area contributed by atoms with Crippen LogP contribution in [0.4, 0.5) is 5.69 Å². The minimum absolute atomic E-state index is 0.237. The zero-order chi connectivity index (χ0) is 20.1. The Hall–Kier alpha value is -1.80. The second-order valence-electron chi connectivity index (χ2n) is 6.81. The van der Waals surface area contributed by atoms with E-state index in [9.17, 15) is 8.42 Å². The van der Waals surface area contributed by atoms with Crippen LogP contribution < -0.4 is 14.4 Å². The van der Waals surface area contributed by atoms with E-state index in [1.165, 1.54) is 6.07 Å². The molecule has 152 valence electrons. The van der Waals surface area contributed by atoms with Crippen LogP contribution in [0.3, 0.4) is 0 Å². The lowest BCUT2D eigenvalue weighted by Gasteiger charge is -2.36. The molecule has 8 heteroatoms. The second-order valence-corrected chi connectivity index (χ2v) is 8.98. The fourth-order valence-corrected chi connectivity index (χ4v) is 4.91. The van der Waals surface area contributed by atoms with Crippen molar-refractivity contribution in [1.82, 2.24) is 9.62 Å². The van der Waals surface area contributed by atoms with Gasteiger partial charge in [0.25, 0.3) is 0 Å². The van der Waals surface area contributed by atoms with Crippen LogP contribution in [0.2, 0.25) is 5.02 Å². The van der Waals surface area contributed by atoms with Crippen LogP contribution in [0.25, 0.3) is 0 Å². The number of hydrogen-bond acceptors (Lipinski definition) is 5. The SMILES string of the molecule is COc1ccccc1N1CCN(CCNS(=O)(=O)c2cc(Cl)ccc2C)CC1. The predicted octanol–water partition coefficient (Wildman–Crippen LogP) is 2.76. The van der Waals surface area contributed by atoms with Gasteiger partial charge < -0.3 is 9.64 Å². The molecule has 3 rings (SSSR count). The molecule has 0 aromatic heterocycles. The topological polar surface area (TPSA) is 61.9 Å². The summed E-state index contributed by atoms with van der Waals surface area (Å²) in [6.45, 7) is 6.29. The number of methoxy groups -OCH3 is 1. The van der Waals surface area contributed by atoms with E-state index >= 15 is 0 Å². The van der Waals surface area contributed by atoms with Crippen LogP contribution in [-0.2, 0) is 10.0 Å². The summed E-state index contributed by atoms with van der Waals surface area (Å²) in [7, 11) is -1.88. The van der Waals surface area contributed by atoms with Gasteiger partial charge in [0, 0.05) is 44.3 Å². The molecular formula is C20H26ClN3O3S. The van der Waals surface area contributed by atoms with Crippen LogP contribution in [0.15, 0.2) is 47.4 Å². The van der Waals surface area contributed by atoms with Crippen LogP contribution in [0.5, 0.6) is 5.75 Å². The molecule has 0 saturated carbocycles. The molecule has 0 unspecified atom stereocenters. The van der Waals surface area contributed by atoms with Crippen molar-refractivity contribution in [2.75, 3.05) is 51.3 Å². The maximum atomic E-state index is 12.5. The third-order valence-corrected chi connectivity index (χ3v) is 6.80. The van der Waals surface area contributed by atoms with Gasteiger partial charge in [-0.25, -0.2) is 13.1 Å². The highest BCUT2D eigenvalue weighted by Gasteiger charge is 2.21. The van der Waals surface area contributed by atoms with Gasteiger partial charge in [0.1, 0.15) is 5.75 Å². The number of benzene rings is 2. The Morgan fingerprint density at radius 2 is 1.82 bits per heavy atom. The molecule has 2 aromatic rings. The number of piperazine rings is 1. The van der Waals surface area contributed by atoms with Crippen molar-refractivity contribution in [3.8, 4) is 5.75 Å². The molecule has 0 bridgehead atoms. The number of rotatable bonds is 7. The van der Waals surface area contributed by atoms with E-state index < -0.39 is 10.0 Å². The fourth-order valence-electron chi connectivity index (χ4n) is 3.38. The van der Waals surface area contributed by atoms with E-state index in [0.717, 1.165) is 37.6 Å². The minimum Gasteiger partial charge on any atom is -0.495 e. The van der Waals surface area contributed by atoms with Crippen molar-refractivity contribution in [1.29, 1.82) is 0 Å². The van der Waals surface area contributed by atoms with Gasteiger partial charge in [-0.1, -0.05) is 29.8 Å². The Bertz CT molecular complexity index is 913. The maximum absolute atomic E-state index is 12.5. The summed E-state index contributed by atoms with van der Waals surface area (Å²) in [4.78, 5) is 4.80. The Labute approximate surface area is 172 Å². The average Bonchev–Trinajstić information content (AvgIpc) is 2.70. The smallest absolute Gasteiger partial charge is 0.240 e. The Morgan fingerprint density at radius 3 is 2.54 bits per heavy atom. The fraction of sp³-hybridized carbons (Fsp3) is 0.400. The average molecular weight is 424 g/mol. The summed E-state index contributed by atoms with van der Waals surface area (Å²) < 4.78 is 33.2. The zero-order valence-corrected chi connectivity index (χ0v) is 17.8. The molecule has 1 aliphatic heterocycles. The summed E-state index contributed by atoms with van der Waals surface area (Å²) in [5.74, 6) is 0.876. The number of nitrogens with one attached hydrogen (secondary N) is 1. The number of hydrogen-bond donors (Lipinski definition) is 1. The molecule has 0 radical (unpaired) electrons. The van der Waals surface area contributed by atoms with Crippen molar-refractivity contribution >= 4 is 27.3 Å². The quantitative estimate of drug-likeness (QED) is 0.742. The summed E-state index contributed by atoms with van der Waals surface area (Å²) in [6.07, 6.45) is 0. The highest BCUT2D eigenvalue weighted by atomic mass is 35.5. The second kappa shape index (κ2) is 9.13. The first kappa shape index (κ1) is 20.9. The molecule has 0 atom stereocenters. The Morgan fingerprint density at radius 1 is 1.11 bits per heavy atom. The summed E-state index contributed by atoms with van der Waals surface area (Å²) >= 11 is 5.95. The van der Waals surface area contributed by atoms with Gasteiger partial charge >= 0.3 is 0 Å². The molecule has 0 amide bonds. The maximum Gasteiger partial charge on any atom is 0.240 e. The highest BCUT2D eigenvalue weighted by molar-refractivity contribution is 7.89. The molecule has 1 N–H and O–H groups in total. The Balaban J connectivity index is 1.51. The number of nitrogens with zero attached hydrogens (tertiary/aromatic N) is 2. The number of para-hydroxylation sites is 2. The molecule has 2 aromatic carbocycles. The Kier molecular flexibility index (Phi) is 6.82. The van der Waals surface area contributed by atoms with Crippen molar-refractivity contribution in [3.63, 3.8) is 0 Å². The normalized spacial score (nSPS) is 15.6. The molecule has 1 fully saturated rings. The van der Waals surface area contributed by atoms with Gasteiger partial charge in [-0.15, -0.1) is 0 Å². The third-order valence-electron chi connectivity index (χ3n) is 4.96. The predicted molar refractivity (Wildman–Crippen MR) is 113 cm³/mol.